The van der Waals surface area contributed by atoms with E-state index >= 15 is 0 Å². The zero-order chi connectivity index (χ0) is 15.9. The molecule has 1 aliphatic rings. The van der Waals surface area contributed by atoms with Crippen LogP contribution in [-0.4, -0.2) is 31.1 Å². The van der Waals surface area contributed by atoms with Crippen LogP contribution >= 0.6 is 0 Å². The first-order chi connectivity index (χ1) is 9.89. The first-order valence-corrected chi connectivity index (χ1v) is 8.38. The number of rotatable bonds is 9. The molecule has 0 saturated carbocycles. The summed E-state index contributed by atoms with van der Waals surface area (Å²) in [6.45, 7) is 10.9. The molecule has 0 aliphatic carbocycles. The van der Waals surface area contributed by atoms with Crippen molar-refractivity contribution in [1.29, 1.82) is 0 Å². The Morgan fingerprint density at radius 2 is 1.67 bits per heavy atom. The lowest BCUT2D eigenvalue weighted by atomic mass is 9.75. The molecule has 0 amide bonds. The van der Waals surface area contributed by atoms with Crippen LogP contribution in [0.2, 0.25) is 0 Å². The van der Waals surface area contributed by atoms with E-state index in [1.165, 1.54) is 0 Å². The summed E-state index contributed by atoms with van der Waals surface area (Å²) in [5, 5.41) is 0. The zero-order valence-electron chi connectivity index (χ0n) is 14.4. The van der Waals surface area contributed by atoms with E-state index in [9.17, 15) is 4.79 Å². The molecule has 0 aromatic carbocycles. The van der Waals surface area contributed by atoms with Crippen LogP contribution in [0.3, 0.4) is 0 Å². The van der Waals surface area contributed by atoms with Crippen LogP contribution in [0.15, 0.2) is 0 Å². The van der Waals surface area contributed by atoms with E-state index in [0.29, 0.717) is 13.2 Å². The van der Waals surface area contributed by atoms with Crippen molar-refractivity contribution in [3.05, 3.63) is 0 Å². The van der Waals surface area contributed by atoms with Gasteiger partial charge in [-0.3, -0.25) is 4.79 Å². The molecule has 4 nitrogen and oxygen atoms in total. The van der Waals surface area contributed by atoms with E-state index in [0.717, 1.165) is 38.5 Å². The average Bonchev–Trinajstić information content (AvgIpc) is 2.76. The quantitative estimate of drug-likeness (QED) is 0.602. The molecule has 0 spiro atoms. The molecule has 1 saturated heterocycles. The summed E-state index contributed by atoms with van der Waals surface area (Å²) in [6.07, 6.45) is 5.58. The molecule has 4 heteroatoms. The van der Waals surface area contributed by atoms with Gasteiger partial charge in [-0.05, 0) is 33.1 Å². The molecule has 1 heterocycles. The number of esters is 1. The summed E-state index contributed by atoms with van der Waals surface area (Å²) in [6, 6.07) is 0. The van der Waals surface area contributed by atoms with E-state index in [-0.39, 0.29) is 17.5 Å². The minimum Gasteiger partial charge on any atom is -0.462 e. The van der Waals surface area contributed by atoms with Crippen LogP contribution in [-0.2, 0) is 19.0 Å². The molecule has 0 aromatic rings. The third-order valence-corrected chi connectivity index (χ3v) is 4.09. The maximum absolute atomic E-state index is 12.6. The van der Waals surface area contributed by atoms with E-state index in [2.05, 4.69) is 20.8 Å². The Labute approximate surface area is 129 Å². The van der Waals surface area contributed by atoms with E-state index in [1.807, 2.05) is 13.8 Å². The highest BCUT2D eigenvalue weighted by Gasteiger charge is 2.39. The Morgan fingerprint density at radius 3 is 2.05 bits per heavy atom. The van der Waals surface area contributed by atoms with Crippen molar-refractivity contribution in [2.24, 2.45) is 5.41 Å². The lowest BCUT2D eigenvalue weighted by Crippen LogP contribution is -2.35. The van der Waals surface area contributed by atoms with Crippen molar-refractivity contribution in [3.8, 4) is 0 Å². The highest BCUT2D eigenvalue weighted by molar-refractivity contribution is 5.76. The van der Waals surface area contributed by atoms with Crippen molar-refractivity contribution < 1.29 is 19.0 Å². The Kier molecular flexibility index (Phi) is 7.14. The maximum atomic E-state index is 12.6. The summed E-state index contributed by atoms with van der Waals surface area (Å²) >= 11 is 0. The van der Waals surface area contributed by atoms with Gasteiger partial charge in [0.05, 0.1) is 12.0 Å². The summed E-state index contributed by atoms with van der Waals surface area (Å²) in [5.41, 5.74) is -0.312. The van der Waals surface area contributed by atoms with Gasteiger partial charge in [0.1, 0.15) is 12.7 Å². The molecule has 21 heavy (non-hydrogen) atoms. The Morgan fingerprint density at radius 1 is 1.14 bits per heavy atom. The van der Waals surface area contributed by atoms with Gasteiger partial charge in [-0.1, -0.05) is 40.0 Å². The lowest BCUT2D eigenvalue weighted by Gasteiger charge is -2.31. The predicted octanol–water partition coefficient (Wildman–Crippen LogP) is 4.07. The van der Waals surface area contributed by atoms with Crippen molar-refractivity contribution >= 4 is 5.97 Å². The molecule has 0 N–H and O–H groups in total. The molecular weight excluding hydrogens is 268 g/mol. The van der Waals surface area contributed by atoms with Crippen LogP contribution in [0.1, 0.15) is 73.1 Å². The molecule has 1 atom stereocenters. The first kappa shape index (κ1) is 18.4. The molecule has 0 aromatic heterocycles. The summed E-state index contributed by atoms with van der Waals surface area (Å²) < 4.78 is 16.8. The van der Waals surface area contributed by atoms with Gasteiger partial charge in [-0.2, -0.15) is 0 Å². The second-order valence-electron chi connectivity index (χ2n) is 6.58. The third kappa shape index (κ3) is 5.26. The minimum atomic E-state index is -0.565. The van der Waals surface area contributed by atoms with Gasteiger partial charge in [0, 0.05) is 0 Å². The van der Waals surface area contributed by atoms with Crippen LogP contribution in [0.25, 0.3) is 0 Å². The van der Waals surface area contributed by atoms with Crippen molar-refractivity contribution in [2.75, 3.05) is 13.2 Å². The number of carbonyl (C=O) groups excluding carboxylic acids is 1. The predicted molar refractivity (Wildman–Crippen MR) is 83.0 cm³/mol. The normalized spacial score (nSPS) is 21.5. The molecule has 1 rings (SSSR count). The van der Waals surface area contributed by atoms with Gasteiger partial charge in [0.25, 0.3) is 0 Å². The summed E-state index contributed by atoms with van der Waals surface area (Å²) in [4.78, 5) is 12.6. The highest BCUT2D eigenvalue weighted by Crippen LogP contribution is 2.36. The summed E-state index contributed by atoms with van der Waals surface area (Å²) in [5.74, 6) is -0.619. The molecule has 1 fully saturated rings. The van der Waals surface area contributed by atoms with E-state index < -0.39 is 5.79 Å². The Hall–Kier alpha value is -0.610. The van der Waals surface area contributed by atoms with Gasteiger partial charge in [0.2, 0.25) is 0 Å². The average molecular weight is 300 g/mol. The van der Waals surface area contributed by atoms with Crippen LogP contribution in [0, 0.1) is 5.41 Å². The van der Waals surface area contributed by atoms with Crippen molar-refractivity contribution in [1.82, 2.24) is 0 Å². The van der Waals surface area contributed by atoms with Gasteiger partial charge in [0.15, 0.2) is 5.79 Å². The smallest absolute Gasteiger partial charge is 0.312 e. The third-order valence-electron chi connectivity index (χ3n) is 4.09. The highest BCUT2D eigenvalue weighted by atomic mass is 16.7. The number of hydrogen-bond acceptors (Lipinski definition) is 4. The number of ether oxygens (including phenoxy) is 3. The molecule has 1 unspecified atom stereocenters. The Bertz CT molecular complexity index is 308. The lowest BCUT2D eigenvalue weighted by molar-refractivity contribution is -0.168. The largest absolute Gasteiger partial charge is 0.462 e. The number of hydrogen-bond donors (Lipinski definition) is 0. The maximum Gasteiger partial charge on any atom is 0.312 e. The molecule has 0 bridgehead atoms. The zero-order valence-corrected chi connectivity index (χ0v) is 14.4. The fourth-order valence-corrected chi connectivity index (χ4v) is 3.28. The van der Waals surface area contributed by atoms with Crippen LogP contribution < -0.4 is 0 Å². The number of carbonyl (C=O) groups is 1. The second-order valence-corrected chi connectivity index (χ2v) is 6.58. The molecule has 124 valence electrons. The van der Waals surface area contributed by atoms with Gasteiger partial charge >= 0.3 is 5.97 Å². The van der Waals surface area contributed by atoms with E-state index in [4.69, 9.17) is 14.2 Å². The monoisotopic (exact) mass is 300 g/mol. The molecule has 0 radical (unpaired) electrons. The second kappa shape index (κ2) is 8.14. The van der Waals surface area contributed by atoms with Crippen LogP contribution in [0.4, 0.5) is 0 Å². The fourth-order valence-electron chi connectivity index (χ4n) is 3.28. The first-order valence-electron chi connectivity index (χ1n) is 8.38. The van der Waals surface area contributed by atoms with Crippen molar-refractivity contribution in [3.63, 3.8) is 0 Å². The standard InChI is InChI=1S/C17H32O4/c1-6-9-17(10-7-2,11-8-3)15(18)19-12-14-13-20-16(4,5)21-14/h14H,6-13H2,1-5H3. The topological polar surface area (TPSA) is 44.8 Å². The van der Waals surface area contributed by atoms with Crippen molar-refractivity contribution in [2.45, 2.75) is 85.0 Å². The molecule has 1 aliphatic heterocycles. The summed E-state index contributed by atoms with van der Waals surface area (Å²) in [7, 11) is 0. The van der Waals surface area contributed by atoms with Gasteiger partial charge < -0.3 is 14.2 Å². The van der Waals surface area contributed by atoms with Gasteiger partial charge in [-0.25, -0.2) is 0 Å². The fraction of sp³-hybridized carbons (Fsp3) is 0.941. The van der Waals surface area contributed by atoms with E-state index in [1.54, 1.807) is 0 Å². The molecular formula is C17H32O4. The van der Waals surface area contributed by atoms with Crippen LogP contribution in [0.5, 0.6) is 0 Å². The Balaban J connectivity index is 2.59. The minimum absolute atomic E-state index is 0.0543. The van der Waals surface area contributed by atoms with Gasteiger partial charge in [-0.15, -0.1) is 0 Å². The SMILES string of the molecule is CCCC(CCC)(CCC)C(=O)OCC1COC(C)(C)O1.